The van der Waals surface area contributed by atoms with Gasteiger partial charge in [-0.1, -0.05) is 12.1 Å². The Labute approximate surface area is 145 Å². The number of rotatable bonds is 5. The van der Waals surface area contributed by atoms with Crippen LogP contribution in [0.5, 0.6) is 5.75 Å². The molecule has 0 bridgehead atoms. The molecular weight excluding hydrogens is 320 g/mol. The summed E-state index contributed by atoms with van der Waals surface area (Å²) >= 11 is 0. The smallest absolute Gasteiger partial charge is 0.275 e. The third-order valence-corrected chi connectivity index (χ3v) is 3.53. The van der Waals surface area contributed by atoms with Crippen LogP contribution >= 0.6 is 0 Å². The third-order valence-electron chi connectivity index (χ3n) is 3.53. The van der Waals surface area contributed by atoms with Crippen molar-refractivity contribution in [3.8, 4) is 11.6 Å². The van der Waals surface area contributed by atoms with E-state index in [1.165, 1.54) is 6.33 Å². The zero-order valence-electron chi connectivity index (χ0n) is 14.2. The molecule has 0 spiro atoms. The summed E-state index contributed by atoms with van der Waals surface area (Å²) < 4.78 is 6.90. The third kappa shape index (κ3) is 3.57. The highest BCUT2D eigenvalue weighted by atomic mass is 16.5. The summed E-state index contributed by atoms with van der Waals surface area (Å²) in [7, 11) is 5.34. The number of nitrogens with zero attached hydrogens (tertiary/aromatic N) is 5. The standard InChI is InChI=1S/C17H18N6O2/c1-22(2)15-8-16(19-10-18-15)23-9-13(20-11-23)17(24)21-12-6-4-5-7-14(12)25-3/h4-11H,1-3H3,(H,21,24). The molecule has 1 aromatic carbocycles. The van der Waals surface area contributed by atoms with Gasteiger partial charge in [0, 0.05) is 26.4 Å². The average molecular weight is 338 g/mol. The van der Waals surface area contributed by atoms with E-state index in [4.69, 9.17) is 4.74 Å². The number of aromatic nitrogens is 4. The molecule has 3 rings (SSSR count). The second kappa shape index (κ2) is 7.00. The predicted octanol–water partition coefficient (Wildman–Crippen LogP) is 1.99. The van der Waals surface area contributed by atoms with Crippen molar-refractivity contribution < 1.29 is 9.53 Å². The number of imidazole rings is 1. The monoisotopic (exact) mass is 338 g/mol. The Balaban J connectivity index is 1.81. The molecule has 2 heterocycles. The molecule has 2 aromatic heterocycles. The summed E-state index contributed by atoms with van der Waals surface area (Å²) in [6.07, 6.45) is 4.63. The van der Waals surface area contributed by atoms with Gasteiger partial charge in [-0.05, 0) is 12.1 Å². The zero-order valence-corrected chi connectivity index (χ0v) is 14.2. The van der Waals surface area contributed by atoms with E-state index in [1.54, 1.807) is 36.3 Å². The molecule has 0 aliphatic heterocycles. The average Bonchev–Trinajstić information content (AvgIpc) is 3.12. The van der Waals surface area contributed by atoms with Crippen molar-refractivity contribution in [3.05, 3.63) is 54.9 Å². The Morgan fingerprint density at radius 1 is 1.20 bits per heavy atom. The van der Waals surface area contributed by atoms with E-state index < -0.39 is 0 Å². The van der Waals surface area contributed by atoms with Crippen LogP contribution in [0.3, 0.4) is 0 Å². The molecule has 0 saturated heterocycles. The van der Waals surface area contributed by atoms with Gasteiger partial charge in [-0.2, -0.15) is 0 Å². The first-order chi connectivity index (χ1) is 12.1. The van der Waals surface area contributed by atoms with E-state index >= 15 is 0 Å². The van der Waals surface area contributed by atoms with Crippen molar-refractivity contribution in [2.24, 2.45) is 0 Å². The van der Waals surface area contributed by atoms with Gasteiger partial charge in [-0.25, -0.2) is 15.0 Å². The molecule has 0 fully saturated rings. The minimum atomic E-state index is -0.329. The first kappa shape index (κ1) is 16.4. The normalized spacial score (nSPS) is 10.4. The fourth-order valence-electron chi connectivity index (χ4n) is 2.22. The number of anilines is 2. The number of benzene rings is 1. The Morgan fingerprint density at radius 2 is 2.00 bits per heavy atom. The quantitative estimate of drug-likeness (QED) is 0.766. The fraction of sp³-hybridized carbons (Fsp3) is 0.176. The van der Waals surface area contributed by atoms with Crippen molar-refractivity contribution in [2.45, 2.75) is 0 Å². The van der Waals surface area contributed by atoms with Crippen molar-refractivity contribution in [2.75, 3.05) is 31.4 Å². The summed E-state index contributed by atoms with van der Waals surface area (Å²) in [4.78, 5) is 26.8. The molecule has 0 atom stereocenters. The van der Waals surface area contributed by atoms with Gasteiger partial charge >= 0.3 is 0 Å². The van der Waals surface area contributed by atoms with Gasteiger partial charge in [0.15, 0.2) is 0 Å². The van der Waals surface area contributed by atoms with Gasteiger partial charge < -0.3 is 15.0 Å². The number of methoxy groups -OCH3 is 1. The Hall–Kier alpha value is -3.42. The van der Waals surface area contributed by atoms with Crippen LogP contribution in [0.4, 0.5) is 11.5 Å². The van der Waals surface area contributed by atoms with Crippen LogP contribution in [-0.4, -0.2) is 46.6 Å². The second-order valence-electron chi connectivity index (χ2n) is 5.45. The van der Waals surface area contributed by atoms with Gasteiger partial charge in [-0.3, -0.25) is 9.36 Å². The molecule has 1 amide bonds. The van der Waals surface area contributed by atoms with Crippen molar-refractivity contribution in [3.63, 3.8) is 0 Å². The minimum Gasteiger partial charge on any atom is -0.495 e. The first-order valence-corrected chi connectivity index (χ1v) is 7.56. The van der Waals surface area contributed by atoms with E-state index in [9.17, 15) is 4.79 Å². The van der Waals surface area contributed by atoms with Crippen molar-refractivity contribution in [1.82, 2.24) is 19.5 Å². The molecule has 128 valence electrons. The lowest BCUT2D eigenvalue weighted by Crippen LogP contribution is -2.13. The van der Waals surface area contributed by atoms with Gasteiger partial charge in [0.05, 0.1) is 12.8 Å². The van der Waals surface area contributed by atoms with Gasteiger partial charge in [0.25, 0.3) is 5.91 Å². The van der Waals surface area contributed by atoms with Crippen LogP contribution < -0.4 is 15.0 Å². The number of hydrogen-bond acceptors (Lipinski definition) is 6. The van der Waals surface area contributed by atoms with E-state index in [0.29, 0.717) is 17.3 Å². The molecule has 0 saturated carbocycles. The van der Waals surface area contributed by atoms with Crippen LogP contribution in [0.15, 0.2) is 49.2 Å². The summed E-state index contributed by atoms with van der Waals surface area (Å²) in [5, 5.41) is 2.79. The number of amides is 1. The lowest BCUT2D eigenvalue weighted by molar-refractivity contribution is 0.102. The molecule has 8 nitrogen and oxygen atoms in total. The van der Waals surface area contributed by atoms with E-state index in [0.717, 1.165) is 5.82 Å². The summed E-state index contributed by atoms with van der Waals surface area (Å²) in [5.74, 6) is 1.65. The molecule has 8 heteroatoms. The molecule has 0 aliphatic carbocycles. The second-order valence-corrected chi connectivity index (χ2v) is 5.45. The Bertz CT molecular complexity index is 890. The lowest BCUT2D eigenvalue weighted by Gasteiger charge is -2.11. The van der Waals surface area contributed by atoms with Crippen LogP contribution in [0.2, 0.25) is 0 Å². The topological polar surface area (TPSA) is 85.2 Å². The largest absolute Gasteiger partial charge is 0.495 e. The first-order valence-electron chi connectivity index (χ1n) is 7.56. The Morgan fingerprint density at radius 3 is 2.76 bits per heavy atom. The molecule has 0 radical (unpaired) electrons. The highest BCUT2D eigenvalue weighted by Crippen LogP contribution is 2.23. The van der Waals surface area contributed by atoms with Gasteiger partial charge in [-0.15, -0.1) is 0 Å². The molecule has 25 heavy (non-hydrogen) atoms. The predicted molar refractivity (Wildman–Crippen MR) is 94.4 cm³/mol. The maximum atomic E-state index is 12.4. The molecule has 0 aliphatic rings. The molecule has 3 aromatic rings. The SMILES string of the molecule is COc1ccccc1NC(=O)c1cn(-c2cc(N(C)C)ncn2)cn1. The summed E-state index contributed by atoms with van der Waals surface area (Å²) in [5.41, 5.74) is 0.859. The van der Waals surface area contributed by atoms with E-state index in [2.05, 4.69) is 20.3 Å². The van der Waals surface area contributed by atoms with Crippen molar-refractivity contribution in [1.29, 1.82) is 0 Å². The fourth-order valence-corrected chi connectivity index (χ4v) is 2.22. The van der Waals surface area contributed by atoms with Crippen LogP contribution in [-0.2, 0) is 0 Å². The van der Waals surface area contributed by atoms with Crippen molar-refractivity contribution >= 4 is 17.4 Å². The van der Waals surface area contributed by atoms with Gasteiger partial charge in [0.2, 0.25) is 0 Å². The summed E-state index contributed by atoms with van der Waals surface area (Å²) in [6, 6.07) is 9.00. The van der Waals surface area contributed by atoms with Crippen LogP contribution in [0, 0.1) is 0 Å². The highest BCUT2D eigenvalue weighted by Gasteiger charge is 2.13. The van der Waals surface area contributed by atoms with E-state index in [1.807, 2.05) is 37.2 Å². The van der Waals surface area contributed by atoms with E-state index in [-0.39, 0.29) is 11.6 Å². The molecule has 1 N–H and O–H groups in total. The van der Waals surface area contributed by atoms with Gasteiger partial charge in [0.1, 0.15) is 35.7 Å². The molecule has 0 unspecified atom stereocenters. The Kier molecular flexibility index (Phi) is 4.60. The van der Waals surface area contributed by atoms with Crippen LogP contribution in [0.25, 0.3) is 5.82 Å². The number of hydrogen-bond donors (Lipinski definition) is 1. The number of nitrogens with one attached hydrogen (secondary N) is 1. The number of para-hydroxylation sites is 2. The number of ether oxygens (including phenoxy) is 1. The molecular formula is C17H18N6O2. The number of carbonyl (C=O) groups excluding carboxylic acids is 1. The zero-order chi connectivity index (χ0) is 17.8. The maximum Gasteiger partial charge on any atom is 0.275 e. The van der Waals surface area contributed by atoms with Crippen LogP contribution in [0.1, 0.15) is 10.5 Å². The maximum absolute atomic E-state index is 12.4. The lowest BCUT2D eigenvalue weighted by atomic mass is 10.3. The summed E-state index contributed by atoms with van der Waals surface area (Å²) in [6.45, 7) is 0. The highest BCUT2D eigenvalue weighted by molar-refractivity contribution is 6.03. The minimum absolute atomic E-state index is 0.274. The number of carbonyl (C=O) groups is 1.